The summed E-state index contributed by atoms with van der Waals surface area (Å²) in [6.07, 6.45) is 4.98. The molecular weight excluding hydrogens is 220 g/mol. The quantitative estimate of drug-likeness (QED) is 0.391. The number of hydrogen-bond donors (Lipinski definition) is 0. The fourth-order valence-electron chi connectivity index (χ4n) is 1.72. The van der Waals surface area contributed by atoms with E-state index in [2.05, 4.69) is 13.5 Å². The van der Waals surface area contributed by atoms with Gasteiger partial charge in [-0.05, 0) is 32.6 Å². The lowest BCUT2D eigenvalue weighted by atomic mass is 10.1. The van der Waals surface area contributed by atoms with Gasteiger partial charge in [-0.25, -0.2) is 4.79 Å². The summed E-state index contributed by atoms with van der Waals surface area (Å²) in [6.45, 7) is 8.47. The summed E-state index contributed by atoms with van der Waals surface area (Å²) in [4.78, 5) is 10.8. The van der Waals surface area contributed by atoms with Crippen molar-refractivity contribution < 1.29 is 19.0 Å². The van der Waals surface area contributed by atoms with Crippen molar-refractivity contribution in [2.24, 2.45) is 0 Å². The number of esters is 1. The van der Waals surface area contributed by atoms with Crippen LogP contribution in [0.3, 0.4) is 0 Å². The van der Waals surface area contributed by atoms with Crippen molar-refractivity contribution >= 4 is 5.97 Å². The smallest absolute Gasteiger partial charge is 0.330 e. The third-order valence-electron chi connectivity index (χ3n) is 2.96. The molecule has 0 aromatic carbocycles. The van der Waals surface area contributed by atoms with Crippen LogP contribution in [0.4, 0.5) is 0 Å². The molecule has 0 amide bonds. The highest BCUT2D eigenvalue weighted by atomic mass is 16.7. The summed E-state index contributed by atoms with van der Waals surface area (Å²) in [6, 6.07) is 0. The summed E-state index contributed by atoms with van der Waals surface area (Å²) in [5, 5.41) is 0. The van der Waals surface area contributed by atoms with Gasteiger partial charge in [0.1, 0.15) is 0 Å². The number of unbranched alkanes of at least 4 members (excludes halogenated alkanes) is 1. The Kier molecular flexibility index (Phi) is 5.65. The van der Waals surface area contributed by atoms with E-state index in [4.69, 9.17) is 14.2 Å². The van der Waals surface area contributed by atoms with Gasteiger partial charge in [-0.2, -0.15) is 0 Å². The standard InChI is InChI=1S/C13H22O4/c1-4-12(14)15-9-7-6-8-11-10-16-13(3,5-2)17-11/h4,11H,1,5-10H2,2-3H3. The summed E-state index contributed by atoms with van der Waals surface area (Å²) >= 11 is 0. The van der Waals surface area contributed by atoms with E-state index in [1.165, 1.54) is 6.08 Å². The Morgan fingerprint density at radius 2 is 2.35 bits per heavy atom. The van der Waals surface area contributed by atoms with Crippen LogP contribution < -0.4 is 0 Å². The Balaban J connectivity index is 2.05. The molecule has 98 valence electrons. The molecule has 0 bridgehead atoms. The van der Waals surface area contributed by atoms with E-state index < -0.39 is 5.79 Å². The molecule has 0 N–H and O–H groups in total. The monoisotopic (exact) mass is 242 g/mol. The van der Waals surface area contributed by atoms with Crippen LogP contribution in [-0.2, 0) is 19.0 Å². The van der Waals surface area contributed by atoms with E-state index >= 15 is 0 Å². The molecule has 17 heavy (non-hydrogen) atoms. The van der Waals surface area contributed by atoms with E-state index in [0.29, 0.717) is 13.2 Å². The van der Waals surface area contributed by atoms with Gasteiger partial charge in [-0.3, -0.25) is 0 Å². The average Bonchev–Trinajstić information content (AvgIpc) is 2.71. The largest absolute Gasteiger partial charge is 0.463 e. The topological polar surface area (TPSA) is 44.8 Å². The van der Waals surface area contributed by atoms with Gasteiger partial charge in [-0.15, -0.1) is 0 Å². The van der Waals surface area contributed by atoms with Gasteiger partial charge in [0.15, 0.2) is 5.79 Å². The van der Waals surface area contributed by atoms with Crippen LogP contribution in [-0.4, -0.2) is 31.1 Å². The van der Waals surface area contributed by atoms with Gasteiger partial charge < -0.3 is 14.2 Å². The van der Waals surface area contributed by atoms with E-state index in [0.717, 1.165) is 25.7 Å². The van der Waals surface area contributed by atoms with Gasteiger partial charge in [0.25, 0.3) is 0 Å². The molecule has 1 aliphatic heterocycles. The zero-order valence-electron chi connectivity index (χ0n) is 10.7. The van der Waals surface area contributed by atoms with Crippen molar-refractivity contribution in [1.29, 1.82) is 0 Å². The number of carbonyl (C=O) groups is 1. The molecule has 0 radical (unpaired) electrons. The molecule has 0 aromatic rings. The van der Waals surface area contributed by atoms with Crippen LogP contribution in [0.2, 0.25) is 0 Å². The molecule has 0 spiro atoms. The first kappa shape index (κ1) is 14.2. The number of ether oxygens (including phenoxy) is 3. The predicted molar refractivity (Wildman–Crippen MR) is 64.5 cm³/mol. The molecule has 4 heteroatoms. The fraction of sp³-hybridized carbons (Fsp3) is 0.769. The minimum absolute atomic E-state index is 0.176. The van der Waals surface area contributed by atoms with E-state index in [-0.39, 0.29) is 12.1 Å². The molecule has 0 aromatic heterocycles. The van der Waals surface area contributed by atoms with Crippen LogP contribution in [0.15, 0.2) is 12.7 Å². The van der Waals surface area contributed by atoms with Gasteiger partial charge in [-0.1, -0.05) is 13.5 Å². The lowest BCUT2D eigenvalue weighted by Gasteiger charge is -2.21. The average molecular weight is 242 g/mol. The Hall–Kier alpha value is -0.870. The summed E-state index contributed by atoms with van der Waals surface area (Å²) < 4.78 is 16.3. The van der Waals surface area contributed by atoms with Gasteiger partial charge >= 0.3 is 5.97 Å². The second kappa shape index (κ2) is 6.77. The normalized spacial score (nSPS) is 28.0. The van der Waals surface area contributed by atoms with E-state index in [9.17, 15) is 4.79 Å². The van der Waals surface area contributed by atoms with Crippen molar-refractivity contribution in [2.75, 3.05) is 13.2 Å². The van der Waals surface area contributed by atoms with Crippen molar-refractivity contribution in [1.82, 2.24) is 0 Å². The molecule has 2 unspecified atom stereocenters. The maximum absolute atomic E-state index is 10.8. The van der Waals surface area contributed by atoms with Crippen molar-refractivity contribution in [2.45, 2.75) is 51.4 Å². The summed E-state index contributed by atoms with van der Waals surface area (Å²) in [5.41, 5.74) is 0. The van der Waals surface area contributed by atoms with Crippen molar-refractivity contribution in [3.8, 4) is 0 Å². The molecule has 0 aliphatic carbocycles. The Morgan fingerprint density at radius 1 is 1.59 bits per heavy atom. The van der Waals surface area contributed by atoms with Gasteiger partial charge in [0, 0.05) is 6.08 Å². The maximum Gasteiger partial charge on any atom is 0.330 e. The first-order valence-electron chi connectivity index (χ1n) is 6.20. The summed E-state index contributed by atoms with van der Waals surface area (Å²) in [7, 11) is 0. The lowest BCUT2D eigenvalue weighted by Crippen LogP contribution is -2.25. The fourth-order valence-corrected chi connectivity index (χ4v) is 1.72. The minimum Gasteiger partial charge on any atom is -0.463 e. The molecule has 1 rings (SSSR count). The molecule has 1 heterocycles. The predicted octanol–water partition coefficient (Wildman–Crippen LogP) is 2.43. The second-order valence-corrected chi connectivity index (χ2v) is 4.41. The van der Waals surface area contributed by atoms with Crippen LogP contribution in [0.5, 0.6) is 0 Å². The minimum atomic E-state index is -0.403. The Morgan fingerprint density at radius 3 is 2.94 bits per heavy atom. The van der Waals surface area contributed by atoms with E-state index in [1.807, 2.05) is 6.92 Å². The third-order valence-corrected chi connectivity index (χ3v) is 2.96. The molecular formula is C13H22O4. The zero-order chi connectivity index (χ0) is 12.7. The highest BCUT2D eigenvalue weighted by Gasteiger charge is 2.34. The molecule has 1 saturated heterocycles. The van der Waals surface area contributed by atoms with E-state index in [1.54, 1.807) is 0 Å². The highest BCUT2D eigenvalue weighted by Crippen LogP contribution is 2.28. The lowest BCUT2D eigenvalue weighted by molar-refractivity contribution is -0.155. The number of rotatable bonds is 7. The first-order chi connectivity index (χ1) is 8.09. The number of carbonyl (C=O) groups excluding carboxylic acids is 1. The van der Waals surface area contributed by atoms with Gasteiger partial charge in [0.2, 0.25) is 0 Å². The molecule has 1 aliphatic rings. The Bertz CT molecular complexity index is 264. The highest BCUT2D eigenvalue weighted by molar-refractivity contribution is 5.81. The molecule has 4 nitrogen and oxygen atoms in total. The van der Waals surface area contributed by atoms with Crippen molar-refractivity contribution in [3.63, 3.8) is 0 Å². The number of hydrogen-bond acceptors (Lipinski definition) is 4. The zero-order valence-corrected chi connectivity index (χ0v) is 10.7. The maximum atomic E-state index is 10.8. The molecule has 0 saturated carbocycles. The Labute approximate surface area is 103 Å². The van der Waals surface area contributed by atoms with Crippen LogP contribution in [0, 0.1) is 0 Å². The van der Waals surface area contributed by atoms with Gasteiger partial charge in [0.05, 0.1) is 19.3 Å². The molecule has 2 atom stereocenters. The van der Waals surface area contributed by atoms with Crippen LogP contribution in [0.25, 0.3) is 0 Å². The second-order valence-electron chi connectivity index (χ2n) is 4.41. The molecule has 1 fully saturated rings. The van der Waals surface area contributed by atoms with Crippen LogP contribution in [0.1, 0.15) is 39.5 Å². The SMILES string of the molecule is C=CC(=O)OCCCCC1COC(C)(CC)O1. The third kappa shape index (κ3) is 4.88. The first-order valence-corrected chi connectivity index (χ1v) is 6.20. The summed E-state index contributed by atoms with van der Waals surface area (Å²) in [5.74, 6) is -0.760. The van der Waals surface area contributed by atoms with Crippen LogP contribution >= 0.6 is 0 Å². The van der Waals surface area contributed by atoms with Crippen molar-refractivity contribution in [3.05, 3.63) is 12.7 Å².